The van der Waals surface area contributed by atoms with Gasteiger partial charge >= 0.3 is 0 Å². The Morgan fingerprint density at radius 2 is 1.90 bits per heavy atom. The first-order valence-electron chi connectivity index (χ1n) is 10.2. The van der Waals surface area contributed by atoms with E-state index in [0.717, 1.165) is 12.0 Å². The van der Waals surface area contributed by atoms with Gasteiger partial charge in [0.1, 0.15) is 6.26 Å². The molecule has 6 heteroatoms. The van der Waals surface area contributed by atoms with Gasteiger partial charge in [-0.2, -0.15) is 0 Å². The van der Waals surface area contributed by atoms with E-state index in [9.17, 15) is 4.79 Å². The highest BCUT2D eigenvalue weighted by molar-refractivity contribution is 6.30. The number of aromatic nitrogens is 1. The molecule has 5 nitrogen and oxygen atoms in total. The summed E-state index contributed by atoms with van der Waals surface area (Å²) in [5.74, 6) is 0.297. The Morgan fingerprint density at radius 3 is 2.60 bits per heavy atom. The van der Waals surface area contributed by atoms with E-state index in [2.05, 4.69) is 40.3 Å². The van der Waals surface area contributed by atoms with E-state index in [-0.39, 0.29) is 18.0 Å². The molecular formula is C24H28ClN3O2. The highest BCUT2D eigenvalue weighted by Crippen LogP contribution is 2.25. The standard InChI is InChI=1S/C24H28ClN3O2/c1-4-17(2)26-24(29)22-16-30-23(27-22)15-28(14-19-9-8-12-21(25)13-19)18(3)20-10-6-5-7-11-20/h5-13,16-18H,4,14-15H2,1-3H3,(H,26,29)/t17-,18+/m1/s1. The fourth-order valence-electron chi connectivity index (χ4n) is 3.20. The van der Waals surface area contributed by atoms with Crippen LogP contribution in [-0.2, 0) is 13.1 Å². The third kappa shape index (κ3) is 5.94. The monoisotopic (exact) mass is 425 g/mol. The third-order valence-electron chi connectivity index (χ3n) is 5.22. The average molecular weight is 426 g/mol. The van der Waals surface area contributed by atoms with Crippen LogP contribution in [0.3, 0.4) is 0 Å². The summed E-state index contributed by atoms with van der Waals surface area (Å²) in [6.45, 7) is 7.29. The molecule has 0 saturated heterocycles. The van der Waals surface area contributed by atoms with Gasteiger partial charge in [0.25, 0.3) is 5.91 Å². The van der Waals surface area contributed by atoms with Crippen LogP contribution in [-0.4, -0.2) is 21.8 Å². The van der Waals surface area contributed by atoms with E-state index in [1.807, 2.05) is 50.2 Å². The second kappa shape index (κ2) is 10.4. The molecule has 2 atom stereocenters. The number of oxazole rings is 1. The number of rotatable bonds is 9. The summed E-state index contributed by atoms with van der Waals surface area (Å²) >= 11 is 6.18. The topological polar surface area (TPSA) is 58.4 Å². The van der Waals surface area contributed by atoms with E-state index in [1.54, 1.807) is 0 Å². The van der Waals surface area contributed by atoms with Gasteiger partial charge in [-0.1, -0.05) is 61.0 Å². The number of amides is 1. The van der Waals surface area contributed by atoms with Crippen molar-refractivity contribution in [2.45, 2.75) is 52.4 Å². The molecule has 1 heterocycles. The molecule has 1 N–H and O–H groups in total. The van der Waals surface area contributed by atoms with Gasteiger partial charge in [-0.25, -0.2) is 4.98 Å². The Labute approximate surface area is 183 Å². The van der Waals surface area contributed by atoms with Crippen LogP contribution < -0.4 is 5.32 Å². The molecule has 0 aliphatic heterocycles. The minimum absolute atomic E-state index is 0.0927. The smallest absolute Gasteiger partial charge is 0.273 e. The number of halogens is 1. The summed E-state index contributed by atoms with van der Waals surface area (Å²) in [6.07, 6.45) is 2.29. The van der Waals surface area contributed by atoms with Crippen molar-refractivity contribution in [2.24, 2.45) is 0 Å². The van der Waals surface area contributed by atoms with Gasteiger partial charge in [0.2, 0.25) is 5.89 Å². The lowest BCUT2D eigenvalue weighted by Gasteiger charge is -2.28. The van der Waals surface area contributed by atoms with Crippen molar-refractivity contribution in [2.75, 3.05) is 0 Å². The summed E-state index contributed by atoms with van der Waals surface area (Å²) in [7, 11) is 0. The van der Waals surface area contributed by atoms with Crippen LogP contribution in [0.25, 0.3) is 0 Å². The van der Waals surface area contributed by atoms with Gasteiger partial charge < -0.3 is 9.73 Å². The maximum atomic E-state index is 12.3. The summed E-state index contributed by atoms with van der Waals surface area (Å²) in [5.41, 5.74) is 2.60. The third-order valence-corrected chi connectivity index (χ3v) is 5.45. The number of benzene rings is 2. The maximum Gasteiger partial charge on any atom is 0.273 e. The highest BCUT2D eigenvalue weighted by atomic mass is 35.5. The fraction of sp³-hybridized carbons (Fsp3) is 0.333. The molecule has 0 fully saturated rings. The summed E-state index contributed by atoms with van der Waals surface area (Å²) in [5, 5.41) is 3.63. The lowest BCUT2D eigenvalue weighted by atomic mass is 10.1. The minimum atomic E-state index is -0.211. The Hall–Kier alpha value is -2.63. The molecule has 3 rings (SSSR count). The molecule has 0 aliphatic carbocycles. The molecule has 0 bridgehead atoms. The second-order valence-corrected chi connectivity index (χ2v) is 7.97. The zero-order valence-electron chi connectivity index (χ0n) is 17.6. The lowest BCUT2D eigenvalue weighted by molar-refractivity contribution is 0.0934. The van der Waals surface area contributed by atoms with E-state index >= 15 is 0 Å². The molecule has 1 amide bonds. The molecule has 30 heavy (non-hydrogen) atoms. The number of nitrogens with zero attached hydrogens (tertiary/aromatic N) is 2. The Balaban J connectivity index is 1.79. The molecular weight excluding hydrogens is 398 g/mol. The quantitative estimate of drug-likeness (QED) is 0.483. The summed E-state index contributed by atoms with van der Waals surface area (Å²) in [4.78, 5) is 19.0. The number of carbonyl (C=O) groups excluding carboxylic acids is 1. The van der Waals surface area contributed by atoms with Gasteiger partial charge in [-0.05, 0) is 43.5 Å². The molecule has 0 unspecified atom stereocenters. The average Bonchev–Trinajstić information content (AvgIpc) is 3.22. The molecule has 158 valence electrons. The molecule has 1 aromatic heterocycles. The second-order valence-electron chi connectivity index (χ2n) is 7.53. The van der Waals surface area contributed by atoms with Crippen LogP contribution in [0.4, 0.5) is 0 Å². The van der Waals surface area contributed by atoms with Crippen molar-refractivity contribution >= 4 is 17.5 Å². The lowest BCUT2D eigenvalue weighted by Crippen LogP contribution is -2.32. The van der Waals surface area contributed by atoms with Crippen molar-refractivity contribution in [1.29, 1.82) is 0 Å². The largest absolute Gasteiger partial charge is 0.447 e. The normalized spacial score (nSPS) is 13.2. The zero-order chi connectivity index (χ0) is 21.5. The van der Waals surface area contributed by atoms with Crippen molar-refractivity contribution in [3.05, 3.63) is 88.6 Å². The van der Waals surface area contributed by atoms with Gasteiger partial charge in [0.05, 0.1) is 6.54 Å². The molecule has 0 radical (unpaired) electrons. The van der Waals surface area contributed by atoms with Crippen molar-refractivity contribution in [1.82, 2.24) is 15.2 Å². The number of hydrogen-bond acceptors (Lipinski definition) is 4. The van der Waals surface area contributed by atoms with E-state index in [0.29, 0.717) is 29.7 Å². The predicted molar refractivity (Wildman–Crippen MR) is 119 cm³/mol. The Bertz CT molecular complexity index is 958. The van der Waals surface area contributed by atoms with Crippen LogP contribution >= 0.6 is 11.6 Å². The van der Waals surface area contributed by atoms with Gasteiger partial charge in [-0.15, -0.1) is 0 Å². The van der Waals surface area contributed by atoms with Crippen LogP contribution in [0.1, 0.15) is 60.7 Å². The van der Waals surface area contributed by atoms with Crippen molar-refractivity contribution < 1.29 is 9.21 Å². The molecule has 0 saturated carbocycles. The first kappa shape index (κ1) is 22.1. The zero-order valence-corrected chi connectivity index (χ0v) is 18.4. The van der Waals surface area contributed by atoms with E-state index in [1.165, 1.54) is 11.8 Å². The minimum Gasteiger partial charge on any atom is -0.447 e. The SMILES string of the molecule is CC[C@@H](C)NC(=O)c1coc(CN(Cc2cccc(Cl)c2)[C@@H](C)c2ccccc2)n1. The molecule has 0 aliphatic rings. The van der Waals surface area contributed by atoms with Gasteiger partial charge in [0, 0.05) is 23.7 Å². The van der Waals surface area contributed by atoms with Crippen molar-refractivity contribution in [3.8, 4) is 0 Å². The van der Waals surface area contributed by atoms with E-state index in [4.69, 9.17) is 16.0 Å². The van der Waals surface area contributed by atoms with Crippen molar-refractivity contribution in [3.63, 3.8) is 0 Å². The van der Waals surface area contributed by atoms with Crippen LogP contribution in [0.15, 0.2) is 65.3 Å². The first-order valence-corrected chi connectivity index (χ1v) is 10.6. The highest BCUT2D eigenvalue weighted by Gasteiger charge is 2.21. The van der Waals surface area contributed by atoms with E-state index < -0.39 is 0 Å². The molecule has 3 aromatic rings. The van der Waals surface area contributed by atoms with Crippen LogP contribution in [0.2, 0.25) is 5.02 Å². The first-order chi connectivity index (χ1) is 14.5. The number of hydrogen-bond donors (Lipinski definition) is 1. The summed E-state index contributed by atoms with van der Waals surface area (Å²) < 4.78 is 5.64. The number of carbonyl (C=O) groups is 1. The molecule has 0 spiro atoms. The fourth-order valence-corrected chi connectivity index (χ4v) is 3.42. The number of nitrogens with one attached hydrogen (secondary N) is 1. The van der Waals surface area contributed by atoms with Crippen LogP contribution in [0, 0.1) is 0 Å². The van der Waals surface area contributed by atoms with Gasteiger partial charge in [0.15, 0.2) is 5.69 Å². The predicted octanol–water partition coefficient (Wildman–Crippen LogP) is 5.62. The summed E-state index contributed by atoms with van der Waals surface area (Å²) in [6, 6.07) is 18.3. The molecule has 2 aromatic carbocycles. The van der Waals surface area contributed by atoms with Crippen LogP contribution in [0.5, 0.6) is 0 Å². The Kier molecular flexibility index (Phi) is 7.66. The Morgan fingerprint density at radius 1 is 1.13 bits per heavy atom. The van der Waals surface area contributed by atoms with Gasteiger partial charge in [-0.3, -0.25) is 9.69 Å². The maximum absolute atomic E-state index is 12.3.